The fourth-order valence-electron chi connectivity index (χ4n) is 2.20. The van der Waals surface area contributed by atoms with Gasteiger partial charge in [0.25, 0.3) is 0 Å². The lowest BCUT2D eigenvalue weighted by Crippen LogP contribution is -2.22. The molecule has 94 valence electrons. The molecule has 0 amide bonds. The van der Waals surface area contributed by atoms with Crippen LogP contribution in [0.5, 0.6) is 11.5 Å². The van der Waals surface area contributed by atoms with Crippen LogP contribution in [-0.2, 0) is 13.5 Å². The van der Waals surface area contributed by atoms with Crippen molar-refractivity contribution in [3.63, 3.8) is 0 Å². The highest BCUT2D eigenvalue weighted by Crippen LogP contribution is 2.29. The molecule has 1 aliphatic heterocycles. The topological polar surface area (TPSA) is 36.3 Å². The van der Waals surface area contributed by atoms with Gasteiger partial charge in [-0.2, -0.15) is 5.10 Å². The summed E-state index contributed by atoms with van der Waals surface area (Å²) in [7, 11) is 1.87. The molecule has 2 aromatic rings. The van der Waals surface area contributed by atoms with Gasteiger partial charge < -0.3 is 9.47 Å². The van der Waals surface area contributed by atoms with E-state index in [1.54, 1.807) is 10.9 Å². The van der Waals surface area contributed by atoms with Gasteiger partial charge in [0.1, 0.15) is 18.5 Å². The van der Waals surface area contributed by atoms with Crippen molar-refractivity contribution in [2.75, 3.05) is 6.61 Å². The van der Waals surface area contributed by atoms with Crippen LogP contribution in [0.25, 0.3) is 0 Å². The molecule has 0 fully saturated rings. The maximum absolute atomic E-state index is 5.84. The van der Waals surface area contributed by atoms with Crippen LogP contribution in [-0.4, -0.2) is 22.5 Å². The van der Waals surface area contributed by atoms with Gasteiger partial charge in [-0.1, -0.05) is 17.7 Å². The number of hydrogen-bond donors (Lipinski definition) is 0. The second-order valence-corrected chi connectivity index (χ2v) is 4.72. The third-order valence-corrected chi connectivity index (χ3v) is 3.07. The third-order valence-electron chi connectivity index (χ3n) is 3.07. The predicted octanol–water partition coefficient (Wildman–Crippen LogP) is 2.11. The monoisotopic (exact) mass is 244 g/mol. The smallest absolute Gasteiger partial charge is 0.157 e. The standard InChI is InChI=1S/C14H16N2O2/c1-10-3-4-14-11(5-10)6-12(18-14)9-17-13-7-15-16(2)8-13/h3-5,7-8,12H,6,9H2,1-2H3. The molecule has 0 N–H and O–H groups in total. The molecule has 0 radical (unpaired) electrons. The molecule has 4 nitrogen and oxygen atoms in total. The number of ether oxygens (including phenoxy) is 2. The summed E-state index contributed by atoms with van der Waals surface area (Å²) in [6.45, 7) is 2.65. The first kappa shape index (κ1) is 11.1. The molecular weight excluding hydrogens is 228 g/mol. The summed E-state index contributed by atoms with van der Waals surface area (Å²) in [5.74, 6) is 1.77. The molecule has 0 saturated carbocycles. The van der Waals surface area contributed by atoms with Gasteiger partial charge >= 0.3 is 0 Å². The van der Waals surface area contributed by atoms with Crippen LogP contribution in [0.2, 0.25) is 0 Å². The van der Waals surface area contributed by atoms with Crippen molar-refractivity contribution in [2.45, 2.75) is 19.4 Å². The number of benzene rings is 1. The van der Waals surface area contributed by atoms with E-state index in [1.807, 2.05) is 19.3 Å². The molecule has 4 heteroatoms. The van der Waals surface area contributed by atoms with E-state index in [0.717, 1.165) is 17.9 Å². The largest absolute Gasteiger partial charge is 0.486 e. The summed E-state index contributed by atoms with van der Waals surface area (Å²) in [4.78, 5) is 0. The first-order chi connectivity index (χ1) is 8.70. The van der Waals surface area contributed by atoms with Crippen molar-refractivity contribution in [3.05, 3.63) is 41.7 Å². The normalized spacial score (nSPS) is 17.3. The Labute approximate surface area is 106 Å². The van der Waals surface area contributed by atoms with Gasteiger partial charge in [0.2, 0.25) is 0 Å². The van der Waals surface area contributed by atoms with Crippen LogP contribution in [0, 0.1) is 6.92 Å². The Morgan fingerprint density at radius 2 is 2.39 bits per heavy atom. The Morgan fingerprint density at radius 3 is 3.17 bits per heavy atom. The van der Waals surface area contributed by atoms with Gasteiger partial charge in [-0.15, -0.1) is 0 Å². The quantitative estimate of drug-likeness (QED) is 0.829. The van der Waals surface area contributed by atoms with Crippen molar-refractivity contribution in [3.8, 4) is 11.5 Å². The number of hydrogen-bond acceptors (Lipinski definition) is 3. The van der Waals surface area contributed by atoms with E-state index in [2.05, 4.69) is 24.2 Å². The highest BCUT2D eigenvalue weighted by atomic mass is 16.5. The second kappa shape index (κ2) is 4.37. The predicted molar refractivity (Wildman–Crippen MR) is 68.0 cm³/mol. The summed E-state index contributed by atoms with van der Waals surface area (Å²) in [6.07, 6.45) is 4.58. The molecule has 0 aliphatic carbocycles. The molecule has 1 atom stereocenters. The molecule has 0 bridgehead atoms. The summed E-state index contributed by atoms with van der Waals surface area (Å²) in [5, 5.41) is 4.06. The molecule has 1 unspecified atom stereocenters. The van der Waals surface area contributed by atoms with Crippen LogP contribution in [0.1, 0.15) is 11.1 Å². The Balaban J connectivity index is 1.61. The molecule has 0 spiro atoms. The van der Waals surface area contributed by atoms with E-state index in [-0.39, 0.29) is 6.10 Å². The minimum absolute atomic E-state index is 0.0991. The number of rotatable bonds is 3. The first-order valence-electron chi connectivity index (χ1n) is 6.08. The van der Waals surface area contributed by atoms with Crippen molar-refractivity contribution in [2.24, 2.45) is 7.05 Å². The molecule has 2 heterocycles. The van der Waals surface area contributed by atoms with Gasteiger partial charge in [0, 0.05) is 13.5 Å². The van der Waals surface area contributed by atoms with E-state index in [9.17, 15) is 0 Å². The van der Waals surface area contributed by atoms with E-state index in [0.29, 0.717) is 6.61 Å². The highest BCUT2D eigenvalue weighted by molar-refractivity contribution is 5.40. The van der Waals surface area contributed by atoms with Gasteiger partial charge in [-0.05, 0) is 18.6 Å². The van der Waals surface area contributed by atoms with E-state index >= 15 is 0 Å². The van der Waals surface area contributed by atoms with Gasteiger partial charge in [0.05, 0.1) is 12.4 Å². The van der Waals surface area contributed by atoms with Crippen LogP contribution < -0.4 is 9.47 Å². The van der Waals surface area contributed by atoms with Crippen molar-refractivity contribution >= 4 is 0 Å². The molecule has 1 aromatic heterocycles. The Morgan fingerprint density at radius 1 is 1.50 bits per heavy atom. The molecule has 0 saturated heterocycles. The molecule has 3 rings (SSSR count). The highest BCUT2D eigenvalue weighted by Gasteiger charge is 2.23. The summed E-state index contributed by atoms with van der Waals surface area (Å²) >= 11 is 0. The lowest BCUT2D eigenvalue weighted by molar-refractivity contribution is 0.148. The number of aryl methyl sites for hydroxylation is 2. The van der Waals surface area contributed by atoms with Crippen molar-refractivity contribution in [1.29, 1.82) is 0 Å². The third kappa shape index (κ3) is 2.18. The van der Waals surface area contributed by atoms with Gasteiger partial charge in [-0.3, -0.25) is 4.68 Å². The summed E-state index contributed by atoms with van der Waals surface area (Å²) in [6, 6.07) is 6.29. The zero-order valence-electron chi connectivity index (χ0n) is 10.6. The SMILES string of the molecule is Cc1ccc2c(c1)CC(COc1cnn(C)c1)O2. The van der Waals surface area contributed by atoms with Crippen molar-refractivity contribution < 1.29 is 9.47 Å². The number of nitrogens with zero attached hydrogens (tertiary/aromatic N) is 2. The maximum atomic E-state index is 5.84. The first-order valence-corrected chi connectivity index (χ1v) is 6.08. The molecular formula is C14H16N2O2. The van der Waals surface area contributed by atoms with Crippen LogP contribution in [0.3, 0.4) is 0 Å². The van der Waals surface area contributed by atoms with Gasteiger partial charge in [-0.25, -0.2) is 0 Å². The number of aromatic nitrogens is 2. The zero-order valence-corrected chi connectivity index (χ0v) is 10.6. The Bertz CT molecular complexity index is 563. The lowest BCUT2D eigenvalue weighted by atomic mass is 10.1. The fourth-order valence-corrected chi connectivity index (χ4v) is 2.20. The van der Waals surface area contributed by atoms with E-state index < -0.39 is 0 Å². The number of fused-ring (bicyclic) bond motifs is 1. The van der Waals surface area contributed by atoms with Crippen LogP contribution in [0.15, 0.2) is 30.6 Å². The fraction of sp³-hybridized carbons (Fsp3) is 0.357. The minimum Gasteiger partial charge on any atom is -0.486 e. The van der Waals surface area contributed by atoms with E-state index in [4.69, 9.17) is 9.47 Å². The zero-order chi connectivity index (χ0) is 12.5. The molecule has 1 aliphatic rings. The van der Waals surface area contributed by atoms with Crippen LogP contribution in [0.4, 0.5) is 0 Å². The van der Waals surface area contributed by atoms with Gasteiger partial charge in [0.15, 0.2) is 5.75 Å². The minimum atomic E-state index is 0.0991. The average molecular weight is 244 g/mol. The van der Waals surface area contributed by atoms with Crippen molar-refractivity contribution in [1.82, 2.24) is 9.78 Å². The molecule has 18 heavy (non-hydrogen) atoms. The lowest BCUT2D eigenvalue weighted by Gasteiger charge is -2.10. The Kier molecular flexibility index (Phi) is 2.70. The molecule has 1 aromatic carbocycles. The summed E-state index contributed by atoms with van der Waals surface area (Å²) in [5.41, 5.74) is 2.54. The average Bonchev–Trinajstić information content (AvgIpc) is 2.92. The van der Waals surface area contributed by atoms with E-state index in [1.165, 1.54) is 11.1 Å². The second-order valence-electron chi connectivity index (χ2n) is 4.72. The van der Waals surface area contributed by atoms with Crippen LogP contribution >= 0.6 is 0 Å². The Hall–Kier alpha value is -1.97. The maximum Gasteiger partial charge on any atom is 0.157 e. The summed E-state index contributed by atoms with van der Waals surface area (Å²) < 4.78 is 13.2.